The first-order valence-electron chi connectivity index (χ1n) is 11.2. The van der Waals surface area contributed by atoms with Crippen LogP contribution in [0.5, 0.6) is 0 Å². The molecule has 1 aliphatic rings. The summed E-state index contributed by atoms with van der Waals surface area (Å²) in [5.74, 6) is 0.507. The highest BCUT2D eigenvalue weighted by Gasteiger charge is 2.35. The molecule has 1 aliphatic heterocycles. The van der Waals surface area contributed by atoms with Crippen molar-refractivity contribution in [3.8, 4) is 11.3 Å². The van der Waals surface area contributed by atoms with E-state index in [1.54, 1.807) is 17.3 Å². The van der Waals surface area contributed by atoms with Crippen LogP contribution in [0.1, 0.15) is 20.8 Å². The molecule has 0 fully saturated rings. The van der Waals surface area contributed by atoms with Crippen LogP contribution in [-0.2, 0) is 4.79 Å². The highest BCUT2D eigenvalue weighted by molar-refractivity contribution is 6.33. The molecule has 1 amide bonds. The van der Waals surface area contributed by atoms with E-state index in [1.807, 2.05) is 62.6 Å². The monoisotopic (exact) mass is 472 g/mol. The molecular weight excluding hydrogens is 448 g/mol. The second kappa shape index (κ2) is 8.57. The molecule has 7 nitrogen and oxygen atoms in total. The summed E-state index contributed by atoms with van der Waals surface area (Å²) in [6.45, 7) is 6.12. The van der Waals surface area contributed by atoms with Gasteiger partial charge in [0.15, 0.2) is 0 Å². The summed E-state index contributed by atoms with van der Waals surface area (Å²) in [7, 11) is 1.81. The summed E-state index contributed by atoms with van der Waals surface area (Å²) in [4.78, 5) is 30.0. The van der Waals surface area contributed by atoms with E-state index in [-0.39, 0.29) is 18.0 Å². The van der Waals surface area contributed by atoms with Gasteiger partial charge < -0.3 is 15.1 Å². The van der Waals surface area contributed by atoms with E-state index in [4.69, 9.17) is 16.6 Å². The van der Waals surface area contributed by atoms with Crippen LogP contribution in [0.2, 0.25) is 5.02 Å². The molecule has 1 atom stereocenters. The number of halogens is 1. The minimum atomic E-state index is -0.245. The Morgan fingerprint density at radius 1 is 1.06 bits per heavy atom. The van der Waals surface area contributed by atoms with Crippen LogP contribution in [0.15, 0.2) is 61.1 Å². The van der Waals surface area contributed by atoms with Gasteiger partial charge in [0.2, 0.25) is 11.9 Å². The van der Waals surface area contributed by atoms with E-state index in [0.29, 0.717) is 16.7 Å². The number of anilines is 4. The van der Waals surface area contributed by atoms with Gasteiger partial charge in [0.05, 0.1) is 28.3 Å². The van der Waals surface area contributed by atoms with Crippen LogP contribution in [0.4, 0.5) is 23.0 Å². The maximum absolute atomic E-state index is 12.7. The van der Waals surface area contributed by atoms with Crippen molar-refractivity contribution in [2.45, 2.75) is 32.9 Å². The van der Waals surface area contributed by atoms with Gasteiger partial charge in [-0.1, -0.05) is 35.9 Å². The maximum atomic E-state index is 12.7. The third-order valence-corrected chi connectivity index (χ3v) is 6.48. The van der Waals surface area contributed by atoms with Crippen LogP contribution >= 0.6 is 11.6 Å². The molecule has 34 heavy (non-hydrogen) atoms. The topological polar surface area (TPSA) is 74.2 Å². The lowest BCUT2D eigenvalue weighted by Gasteiger charge is -2.42. The predicted octanol–water partition coefficient (Wildman–Crippen LogP) is 5.67. The number of hydrogen-bond acceptors (Lipinski definition) is 6. The van der Waals surface area contributed by atoms with Crippen LogP contribution in [0.3, 0.4) is 0 Å². The lowest BCUT2D eigenvalue weighted by atomic mass is 10.0. The van der Waals surface area contributed by atoms with E-state index in [0.717, 1.165) is 33.4 Å². The summed E-state index contributed by atoms with van der Waals surface area (Å²) in [6.07, 6.45) is 5.19. The van der Waals surface area contributed by atoms with Crippen molar-refractivity contribution in [3.05, 3.63) is 66.1 Å². The standard InChI is InChI=1S/C26H25ClN6O/c1-15(2)33-16(3)25(34)32(4)22-10-9-18(11-23(22)33)30-26-29-14-21(27)24(31-26)20-13-28-12-17-7-5-6-8-19(17)20/h5-16H,1-4H3,(H,29,30,31). The van der Waals surface area contributed by atoms with Gasteiger partial charge in [0, 0.05) is 42.1 Å². The number of nitrogens with one attached hydrogen (secondary N) is 1. The number of rotatable bonds is 4. The van der Waals surface area contributed by atoms with E-state index in [1.165, 1.54) is 0 Å². The summed E-state index contributed by atoms with van der Waals surface area (Å²) >= 11 is 6.50. The van der Waals surface area contributed by atoms with E-state index in [2.05, 4.69) is 34.0 Å². The molecule has 0 saturated carbocycles. The van der Waals surface area contributed by atoms with Gasteiger partial charge in [-0.3, -0.25) is 9.78 Å². The number of likely N-dealkylation sites (N-methyl/N-ethyl adjacent to an activating group) is 1. The number of aromatic nitrogens is 3. The molecule has 0 radical (unpaired) electrons. The maximum Gasteiger partial charge on any atom is 0.249 e. The predicted molar refractivity (Wildman–Crippen MR) is 138 cm³/mol. The first kappa shape index (κ1) is 22.1. The first-order chi connectivity index (χ1) is 16.3. The highest BCUT2D eigenvalue weighted by Crippen LogP contribution is 2.39. The fourth-order valence-electron chi connectivity index (χ4n) is 4.59. The molecule has 8 heteroatoms. The van der Waals surface area contributed by atoms with Crippen LogP contribution in [0.25, 0.3) is 22.0 Å². The van der Waals surface area contributed by atoms with Crippen molar-refractivity contribution in [1.82, 2.24) is 15.0 Å². The third kappa shape index (κ3) is 3.72. The van der Waals surface area contributed by atoms with Crippen molar-refractivity contribution in [2.24, 2.45) is 0 Å². The smallest absolute Gasteiger partial charge is 0.249 e. The van der Waals surface area contributed by atoms with Gasteiger partial charge in [-0.05, 0) is 44.4 Å². The Morgan fingerprint density at radius 2 is 1.85 bits per heavy atom. The zero-order valence-corrected chi connectivity index (χ0v) is 20.2. The minimum Gasteiger partial charge on any atom is -0.356 e. The molecule has 2 aromatic heterocycles. The van der Waals surface area contributed by atoms with Gasteiger partial charge >= 0.3 is 0 Å². The zero-order chi connectivity index (χ0) is 24.0. The van der Waals surface area contributed by atoms with Crippen molar-refractivity contribution < 1.29 is 4.79 Å². The second-order valence-corrected chi connectivity index (χ2v) is 9.11. The zero-order valence-electron chi connectivity index (χ0n) is 19.5. The number of pyridine rings is 1. The average Bonchev–Trinajstić information content (AvgIpc) is 2.83. The Bertz CT molecular complexity index is 1400. The minimum absolute atomic E-state index is 0.0799. The number of benzene rings is 2. The SMILES string of the molecule is CC(C)N1c2cc(Nc3ncc(Cl)c(-c4cncc5ccccc45)n3)ccc2N(C)C(=O)C1C. The number of fused-ring (bicyclic) bond motifs is 2. The number of amides is 1. The fourth-order valence-corrected chi connectivity index (χ4v) is 4.79. The largest absolute Gasteiger partial charge is 0.356 e. The van der Waals surface area contributed by atoms with Crippen molar-refractivity contribution in [1.29, 1.82) is 0 Å². The number of hydrogen-bond donors (Lipinski definition) is 1. The van der Waals surface area contributed by atoms with E-state index >= 15 is 0 Å². The molecule has 5 rings (SSSR count). The lowest BCUT2D eigenvalue weighted by molar-refractivity contribution is -0.119. The third-order valence-electron chi connectivity index (χ3n) is 6.20. The quantitative estimate of drug-likeness (QED) is 0.412. The first-order valence-corrected chi connectivity index (χ1v) is 11.6. The Kier molecular flexibility index (Phi) is 5.57. The molecule has 2 aromatic carbocycles. The van der Waals surface area contributed by atoms with Crippen LogP contribution in [-0.4, -0.2) is 40.0 Å². The van der Waals surface area contributed by atoms with Crippen molar-refractivity contribution in [3.63, 3.8) is 0 Å². The molecule has 0 aliphatic carbocycles. The van der Waals surface area contributed by atoms with Crippen LogP contribution in [0, 0.1) is 0 Å². The second-order valence-electron chi connectivity index (χ2n) is 8.70. The molecule has 172 valence electrons. The summed E-state index contributed by atoms with van der Waals surface area (Å²) in [5, 5.41) is 5.80. The van der Waals surface area contributed by atoms with Crippen molar-refractivity contribution in [2.75, 3.05) is 22.2 Å². The highest BCUT2D eigenvalue weighted by atomic mass is 35.5. The Balaban J connectivity index is 1.54. The van der Waals surface area contributed by atoms with Gasteiger partial charge in [0.25, 0.3) is 0 Å². The molecular formula is C26H25ClN6O. The molecule has 0 saturated heterocycles. The van der Waals surface area contributed by atoms with Crippen LogP contribution < -0.4 is 15.1 Å². The number of carbonyl (C=O) groups is 1. The Hall–Kier alpha value is -3.71. The molecule has 4 aromatic rings. The fraction of sp³-hybridized carbons (Fsp3) is 0.231. The van der Waals surface area contributed by atoms with Gasteiger partial charge in [0.1, 0.15) is 6.04 Å². The molecule has 1 unspecified atom stereocenters. The molecule has 3 heterocycles. The molecule has 0 spiro atoms. The molecule has 0 bridgehead atoms. The average molecular weight is 473 g/mol. The van der Waals surface area contributed by atoms with Gasteiger partial charge in [-0.2, -0.15) is 0 Å². The lowest BCUT2D eigenvalue weighted by Crippen LogP contribution is -2.53. The van der Waals surface area contributed by atoms with Crippen molar-refractivity contribution >= 4 is 51.3 Å². The van der Waals surface area contributed by atoms with Gasteiger partial charge in [-0.15, -0.1) is 0 Å². The van der Waals surface area contributed by atoms with E-state index < -0.39 is 0 Å². The molecule has 1 N–H and O–H groups in total. The summed E-state index contributed by atoms with van der Waals surface area (Å²) in [5.41, 5.74) is 4.15. The number of carbonyl (C=O) groups excluding carboxylic acids is 1. The van der Waals surface area contributed by atoms with Gasteiger partial charge in [-0.25, -0.2) is 9.97 Å². The normalized spacial score (nSPS) is 15.7. The summed E-state index contributed by atoms with van der Waals surface area (Å²) in [6, 6.07) is 13.8. The van der Waals surface area contributed by atoms with E-state index in [9.17, 15) is 4.79 Å². The summed E-state index contributed by atoms with van der Waals surface area (Å²) < 4.78 is 0. The Labute approximate surface area is 203 Å². The Morgan fingerprint density at radius 3 is 2.65 bits per heavy atom. The number of nitrogens with zero attached hydrogens (tertiary/aromatic N) is 5.